The van der Waals surface area contributed by atoms with E-state index < -0.39 is 0 Å². The molecule has 2 aromatic rings. The summed E-state index contributed by atoms with van der Waals surface area (Å²) in [5.74, 6) is -0.377. The smallest absolute Gasteiger partial charge is 0.354 e. The summed E-state index contributed by atoms with van der Waals surface area (Å²) in [5, 5.41) is 1.55. The number of fused-ring (bicyclic) bond motifs is 1. The molecule has 0 unspecified atom stereocenters. The van der Waals surface area contributed by atoms with Crippen LogP contribution in [0, 0.1) is 0 Å². The van der Waals surface area contributed by atoms with Crippen LogP contribution in [0.15, 0.2) is 24.3 Å². The second kappa shape index (κ2) is 5.03. The van der Waals surface area contributed by atoms with Crippen LogP contribution in [-0.2, 0) is 4.74 Å². The number of rotatable bonds is 1. The molecular weight excluding hydrogens is 225 g/mol. The number of halogens is 1. The van der Waals surface area contributed by atoms with Crippen molar-refractivity contribution in [3.8, 4) is 0 Å². The topological polar surface area (TPSA) is 42.1 Å². The second-order valence-corrected chi connectivity index (χ2v) is 3.34. The third kappa shape index (κ3) is 2.55. The fraction of sp³-hybridized carbons (Fsp3) is 0.100. The first-order valence-electron chi connectivity index (χ1n) is 4.07. The van der Waals surface area contributed by atoms with Crippen molar-refractivity contribution in [2.45, 2.75) is 0 Å². The number of benzene rings is 1. The fourth-order valence-corrected chi connectivity index (χ4v) is 1.50. The van der Waals surface area contributed by atoms with Crippen LogP contribution in [0.5, 0.6) is 0 Å². The Hall–Kier alpha value is -0.480. The molecule has 0 saturated carbocycles. The molecule has 1 N–H and O–H groups in total. The molecule has 1 heterocycles. The van der Waals surface area contributed by atoms with Gasteiger partial charge in [0, 0.05) is 45.5 Å². The number of hydrogen-bond acceptors (Lipinski definition) is 2. The zero-order valence-electron chi connectivity index (χ0n) is 8.50. The van der Waals surface area contributed by atoms with E-state index in [0.29, 0.717) is 10.7 Å². The van der Waals surface area contributed by atoms with Crippen LogP contribution in [0.4, 0.5) is 0 Å². The van der Waals surface area contributed by atoms with Gasteiger partial charge in [0.25, 0.3) is 0 Å². The van der Waals surface area contributed by atoms with Crippen molar-refractivity contribution in [2.24, 2.45) is 0 Å². The van der Waals surface area contributed by atoms with E-state index in [9.17, 15) is 4.79 Å². The Morgan fingerprint density at radius 1 is 1.40 bits per heavy atom. The number of hydrogen-bond donors (Lipinski definition) is 1. The van der Waals surface area contributed by atoms with Crippen molar-refractivity contribution in [1.82, 2.24) is 4.98 Å². The van der Waals surface area contributed by atoms with Gasteiger partial charge in [0.1, 0.15) is 5.69 Å². The first-order valence-corrected chi connectivity index (χ1v) is 4.45. The van der Waals surface area contributed by atoms with E-state index in [1.54, 1.807) is 18.2 Å². The van der Waals surface area contributed by atoms with Gasteiger partial charge in [0.2, 0.25) is 0 Å². The van der Waals surface area contributed by atoms with Gasteiger partial charge >= 0.3 is 5.97 Å². The fourth-order valence-electron chi connectivity index (χ4n) is 1.32. The van der Waals surface area contributed by atoms with Gasteiger partial charge in [0.15, 0.2) is 0 Å². The van der Waals surface area contributed by atoms with E-state index in [2.05, 4.69) is 9.72 Å². The Morgan fingerprint density at radius 2 is 2.13 bits per heavy atom. The van der Waals surface area contributed by atoms with Gasteiger partial charge in [-0.3, -0.25) is 0 Å². The minimum absolute atomic E-state index is 0. The van der Waals surface area contributed by atoms with Gasteiger partial charge in [-0.25, -0.2) is 4.79 Å². The minimum Gasteiger partial charge on any atom is -0.464 e. The molecule has 0 bridgehead atoms. The van der Waals surface area contributed by atoms with Gasteiger partial charge < -0.3 is 9.72 Å². The summed E-state index contributed by atoms with van der Waals surface area (Å²) in [5.41, 5.74) is 1.31. The maximum absolute atomic E-state index is 11.2. The number of esters is 1. The SMILES string of the molecule is COC(=O)c1cc2cc(Cl)ccc2[nH]1.[Na]. The number of ether oxygens (including phenoxy) is 1. The molecule has 0 aliphatic rings. The Kier molecular flexibility index (Phi) is 4.22. The standard InChI is InChI=1S/C10H8ClNO2.Na/c1-14-10(13)9-5-6-4-7(11)2-3-8(6)12-9;/h2-5,12H,1H3;. The average molecular weight is 233 g/mol. The first kappa shape index (κ1) is 12.6. The Labute approximate surface area is 114 Å². The van der Waals surface area contributed by atoms with Gasteiger partial charge in [-0.2, -0.15) is 0 Å². The molecule has 0 spiro atoms. The van der Waals surface area contributed by atoms with Crippen LogP contribution < -0.4 is 0 Å². The molecule has 15 heavy (non-hydrogen) atoms. The Bertz CT molecular complexity index is 495. The molecule has 73 valence electrons. The summed E-state index contributed by atoms with van der Waals surface area (Å²) in [6, 6.07) is 7.10. The summed E-state index contributed by atoms with van der Waals surface area (Å²) in [4.78, 5) is 14.1. The van der Waals surface area contributed by atoms with Crippen molar-refractivity contribution in [2.75, 3.05) is 7.11 Å². The molecule has 0 atom stereocenters. The predicted molar refractivity (Wildman–Crippen MR) is 60.4 cm³/mol. The second-order valence-electron chi connectivity index (χ2n) is 2.91. The molecule has 2 rings (SSSR count). The number of aromatic nitrogens is 1. The van der Waals surface area contributed by atoms with E-state index in [1.165, 1.54) is 7.11 Å². The van der Waals surface area contributed by atoms with E-state index in [4.69, 9.17) is 11.6 Å². The van der Waals surface area contributed by atoms with E-state index in [0.717, 1.165) is 10.9 Å². The summed E-state index contributed by atoms with van der Waals surface area (Å²) in [6.07, 6.45) is 0. The van der Waals surface area contributed by atoms with Crippen molar-refractivity contribution in [3.63, 3.8) is 0 Å². The van der Waals surface area contributed by atoms with Crippen LogP contribution in [0.3, 0.4) is 0 Å². The first-order chi connectivity index (χ1) is 6.70. The van der Waals surface area contributed by atoms with Gasteiger partial charge in [0.05, 0.1) is 7.11 Å². The zero-order valence-corrected chi connectivity index (χ0v) is 11.3. The number of carbonyl (C=O) groups is 1. The van der Waals surface area contributed by atoms with Crippen LogP contribution in [0.2, 0.25) is 5.02 Å². The molecule has 1 aromatic carbocycles. The molecule has 0 fully saturated rings. The summed E-state index contributed by atoms with van der Waals surface area (Å²) in [6.45, 7) is 0. The van der Waals surface area contributed by atoms with Gasteiger partial charge in [-0.05, 0) is 24.3 Å². The van der Waals surface area contributed by atoms with Crippen LogP contribution >= 0.6 is 11.6 Å². The molecule has 0 aliphatic carbocycles. The number of methoxy groups -OCH3 is 1. The summed E-state index contributed by atoms with van der Waals surface area (Å²) < 4.78 is 4.59. The average Bonchev–Trinajstić information content (AvgIpc) is 2.59. The number of nitrogens with one attached hydrogen (secondary N) is 1. The zero-order chi connectivity index (χ0) is 10.1. The number of H-pyrrole nitrogens is 1. The largest absolute Gasteiger partial charge is 0.464 e. The summed E-state index contributed by atoms with van der Waals surface area (Å²) in [7, 11) is 1.35. The maximum atomic E-state index is 11.2. The number of aromatic amines is 1. The van der Waals surface area contributed by atoms with Gasteiger partial charge in [-0.1, -0.05) is 11.6 Å². The van der Waals surface area contributed by atoms with Gasteiger partial charge in [-0.15, -0.1) is 0 Å². The molecular formula is C10H8ClNNaO2. The summed E-state index contributed by atoms with van der Waals surface area (Å²) >= 11 is 5.81. The molecule has 3 nitrogen and oxygen atoms in total. The normalized spacial score (nSPS) is 9.73. The monoisotopic (exact) mass is 232 g/mol. The van der Waals surface area contributed by atoms with Crippen LogP contribution in [-0.4, -0.2) is 47.6 Å². The molecule has 1 radical (unpaired) electrons. The van der Waals surface area contributed by atoms with Crippen molar-refractivity contribution in [1.29, 1.82) is 0 Å². The van der Waals surface area contributed by atoms with E-state index in [1.807, 2.05) is 6.07 Å². The number of carbonyl (C=O) groups excluding carboxylic acids is 1. The minimum atomic E-state index is -0.377. The van der Waals surface area contributed by atoms with Crippen LogP contribution in [0.25, 0.3) is 10.9 Å². The third-order valence-electron chi connectivity index (χ3n) is 1.99. The molecule has 0 saturated heterocycles. The van der Waals surface area contributed by atoms with Crippen molar-refractivity contribution in [3.05, 3.63) is 35.0 Å². The van der Waals surface area contributed by atoms with Crippen molar-refractivity contribution >= 4 is 58.0 Å². The van der Waals surface area contributed by atoms with Crippen LogP contribution in [0.1, 0.15) is 10.5 Å². The predicted octanol–water partition coefficient (Wildman–Crippen LogP) is 2.23. The molecule has 5 heteroatoms. The maximum Gasteiger partial charge on any atom is 0.354 e. The molecule has 0 aliphatic heterocycles. The van der Waals surface area contributed by atoms with E-state index in [-0.39, 0.29) is 35.5 Å². The van der Waals surface area contributed by atoms with Crippen molar-refractivity contribution < 1.29 is 9.53 Å². The van der Waals surface area contributed by atoms with E-state index >= 15 is 0 Å². The third-order valence-corrected chi connectivity index (χ3v) is 2.22. The Morgan fingerprint density at radius 3 is 2.80 bits per heavy atom. The molecule has 1 aromatic heterocycles. The molecule has 0 amide bonds. The Balaban J connectivity index is 0.00000112. The quantitative estimate of drug-likeness (QED) is 0.605.